The molecule has 162 valence electrons. The quantitative estimate of drug-likeness (QED) is 0.186. The smallest absolute Gasteiger partial charge is 0.265 e. The van der Waals surface area contributed by atoms with Gasteiger partial charge in [-0.1, -0.05) is 84.0 Å². The van der Waals surface area contributed by atoms with Crippen molar-refractivity contribution in [3.05, 3.63) is 30.1 Å². The van der Waals surface area contributed by atoms with Crippen LogP contribution in [0.15, 0.2) is 24.5 Å². The van der Waals surface area contributed by atoms with Gasteiger partial charge in [0.25, 0.3) is 10.1 Å². The van der Waals surface area contributed by atoms with E-state index in [9.17, 15) is 8.42 Å². The first-order chi connectivity index (χ1) is 13.5. The van der Waals surface area contributed by atoms with Gasteiger partial charge in [0.15, 0.2) is 12.4 Å². The summed E-state index contributed by atoms with van der Waals surface area (Å²) in [5.41, 5.74) is 0.940. The minimum atomic E-state index is -3.88. The van der Waals surface area contributed by atoms with Gasteiger partial charge >= 0.3 is 0 Å². The molecular formula is C23H42NO3S+. The lowest BCUT2D eigenvalue weighted by Gasteiger charge is -2.03. The summed E-state index contributed by atoms with van der Waals surface area (Å²) >= 11 is 0. The van der Waals surface area contributed by atoms with Gasteiger partial charge in [0.05, 0.1) is 5.75 Å². The van der Waals surface area contributed by atoms with Crippen LogP contribution in [-0.2, 0) is 23.1 Å². The highest BCUT2D eigenvalue weighted by Crippen LogP contribution is 2.12. The summed E-state index contributed by atoms with van der Waals surface area (Å²) in [6.45, 7) is 3.28. The van der Waals surface area contributed by atoms with Crippen molar-refractivity contribution in [1.82, 2.24) is 0 Å². The SMILES string of the molecule is CCCCCCCCCCCCCCCC[n+]1ccc(CCS(=O)(=O)O)cc1. The molecule has 0 radical (unpaired) electrons. The predicted octanol–water partition coefficient (Wildman–Crippen LogP) is 5.89. The fourth-order valence-electron chi connectivity index (χ4n) is 3.54. The van der Waals surface area contributed by atoms with Crippen LogP contribution in [0.4, 0.5) is 0 Å². The van der Waals surface area contributed by atoms with Crippen molar-refractivity contribution < 1.29 is 17.5 Å². The Balaban J connectivity index is 1.92. The predicted molar refractivity (Wildman–Crippen MR) is 117 cm³/mol. The summed E-state index contributed by atoms with van der Waals surface area (Å²) in [5.74, 6) is -0.212. The standard InChI is InChI=1S/C23H41NO3S/c1-2-3-4-5-6-7-8-9-10-11-12-13-14-15-19-24-20-16-23(17-21-24)18-22-28(25,26)27/h16-17,20-21H,2-15,18-19,22H2,1H3/p+1. The van der Waals surface area contributed by atoms with E-state index < -0.39 is 10.1 Å². The highest BCUT2D eigenvalue weighted by molar-refractivity contribution is 7.85. The van der Waals surface area contributed by atoms with E-state index in [4.69, 9.17) is 4.55 Å². The summed E-state index contributed by atoms with van der Waals surface area (Å²) < 4.78 is 32.5. The number of aryl methyl sites for hydroxylation is 2. The lowest BCUT2D eigenvalue weighted by atomic mass is 10.0. The monoisotopic (exact) mass is 412 g/mol. The maximum absolute atomic E-state index is 10.8. The van der Waals surface area contributed by atoms with Gasteiger partial charge in [-0.15, -0.1) is 0 Å². The summed E-state index contributed by atoms with van der Waals surface area (Å²) in [6, 6.07) is 3.88. The first-order valence-corrected chi connectivity index (χ1v) is 13.1. The molecule has 0 saturated carbocycles. The van der Waals surface area contributed by atoms with Crippen LogP contribution in [0.3, 0.4) is 0 Å². The first-order valence-electron chi connectivity index (χ1n) is 11.4. The molecule has 0 aliphatic rings. The van der Waals surface area contributed by atoms with Gasteiger partial charge in [0.2, 0.25) is 0 Å². The molecule has 1 rings (SSSR count). The van der Waals surface area contributed by atoms with E-state index in [0.717, 1.165) is 12.1 Å². The van der Waals surface area contributed by atoms with Crippen molar-refractivity contribution in [3.63, 3.8) is 0 Å². The molecule has 5 heteroatoms. The normalized spacial score (nSPS) is 11.8. The van der Waals surface area contributed by atoms with Gasteiger partial charge in [-0.2, -0.15) is 8.42 Å². The first kappa shape index (κ1) is 25.1. The van der Waals surface area contributed by atoms with E-state index in [1.54, 1.807) is 0 Å². The maximum Gasteiger partial charge on any atom is 0.265 e. The molecule has 1 heterocycles. The molecule has 0 saturated heterocycles. The zero-order chi connectivity index (χ0) is 20.5. The van der Waals surface area contributed by atoms with Gasteiger partial charge < -0.3 is 0 Å². The van der Waals surface area contributed by atoms with Crippen LogP contribution in [0.25, 0.3) is 0 Å². The summed E-state index contributed by atoms with van der Waals surface area (Å²) in [4.78, 5) is 0. The Bertz CT molecular complexity index is 584. The number of hydrogen-bond acceptors (Lipinski definition) is 2. The number of nitrogens with zero attached hydrogens (tertiary/aromatic N) is 1. The molecule has 0 amide bonds. The molecule has 0 atom stereocenters. The molecule has 4 nitrogen and oxygen atoms in total. The second-order valence-electron chi connectivity index (χ2n) is 8.08. The summed E-state index contributed by atoms with van der Waals surface area (Å²) in [5, 5.41) is 0. The molecule has 0 fully saturated rings. The fraction of sp³-hybridized carbons (Fsp3) is 0.783. The fourth-order valence-corrected chi connectivity index (χ4v) is 4.03. The Hall–Kier alpha value is -0.940. The van der Waals surface area contributed by atoms with Gasteiger partial charge in [-0.25, -0.2) is 4.57 Å². The van der Waals surface area contributed by atoms with Crippen LogP contribution in [0, 0.1) is 0 Å². The maximum atomic E-state index is 10.8. The van der Waals surface area contributed by atoms with Crippen molar-refractivity contribution in [3.8, 4) is 0 Å². The molecule has 0 aromatic carbocycles. The number of aromatic nitrogens is 1. The molecule has 28 heavy (non-hydrogen) atoms. The van der Waals surface area contributed by atoms with E-state index in [1.807, 2.05) is 24.5 Å². The van der Waals surface area contributed by atoms with Gasteiger partial charge in [0.1, 0.15) is 6.54 Å². The van der Waals surface area contributed by atoms with Crippen LogP contribution in [0.2, 0.25) is 0 Å². The Morgan fingerprint density at radius 3 is 1.61 bits per heavy atom. The molecule has 0 spiro atoms. The average molecular weight is 413 g/mol. The number of pyridine rings is 1. The van der Waals surface area contributed by atoms with E-state index in [2.05, 4.69) is 11.5 Å². The van der Waals surface area contributed by atoms with Crippen molar-refractivity contribution in [1.29, 1.82) is 0 Å². The minimum Gasteiger partial charge on any atom is -0.286 e. The average Bonchev–Trinajstić information content (AvgIpc) is 2.67. The van der Waals surface area contributed by atoms with Gasteiger partial charge in [0, 0.05) is 18.6 Å². The lowest BCUT2D eigenvalue weighted by molar-refractivity contribution is -0.697. The zero-order valence-electron chi connectivity index (χ0n) is 17.9. The lowest BCUT2D eigenvalue weighted by Crippen LogP contribution is -2.32. The second kappa shape index (κ2) is 15.9. The van der Waals surface area contributed by atoms with Crippen LogP contribution in [0.1, 0.15) is 102 Å². The van der Waals surface area contributed by atoms with Crippen molar-refractivity contribution in [2.45, 2.75) is 110 Å². The largest absolute Gasteiger partial charge is 0.286 e. The number of rotatable bonds is 18. The molecule has 1 aromatic heterocycles. The third-order valence-corrected chi connectivity index (χ3v) is 6.10. The number of hydrogen-bond donors (Lipinski definition) is 1. The second-order valence-corrected chi connectivity index (χ2v) is 9.65. The third-order valence-electron chi connectivity index (χ3n) is 5.38. The zero-order valence-corrected chi connectivity index (χ0v) is 18.8. The minimum absolute atomic E-state index is 0.212. The molecular weight excluding hydrogens is 370 g/mol. The van der Waals surface area contributed by atoms with E-state index >= 15 is 0 Å². The highest BCUT2D eigenvalue weighted by atomic mass is 32.2. The van der Waals surface area contributed by atoms with Crippen LogP contribution in [0.5, 0.6) is 0 Å². The van der Waals surface area contributed by atoms with Crippen LogP contribution < -0.4 is 4.57 Å². The van der Waals surface area contributed by atoms with E-state index in [0.29, 0.717) is 6.42 Å². The Kier molecular flexibility index (Phi) is 14.3. The van der Waals surface area contributed by atoms with Crippen molar-refractivity contribution in [2.75, 3.05) is 5.75 Å². The van der Waals surface area contributed by atoms with E-state index in [1.165, 1.54) is 89.9 Å². The molecule has 1 aromatic rings. The van der Waals surface area contributed by atoms with Crippen LogP contribution in [-0.4, -0.2) is 18.7 Å². The topological polar surface area (TPSA) is 58.2 Å². The molecule has 0 aliphatic heterocycles. The van der Waals surface area contributed by atoms with Crippen molar-refractivity contribution >= 4 is 10.1 Å². The molecule has 0 unspecified atom stereocenters. The summed E-state index contributed by atoms with van der Waals surface area (Å²) in [7, 11) is -3.88. The Morgan fingerprint density at radius 2 is 1.18 bits per heavy atom. The van der Waals surface area contributed by atoms with Crippen molar-refractivity contribution in [2.24, 2.45) is 0 Å². The summed E-state index contributed by atoms with van der Waals surface area (Å²) in [6.07, 6.45) is 23.6. The molecule has 0 aliphatic carbocycles. The molecule has 0 bridgehead atoms. The van der Waals surface area contributed by atoms with Gasteiger partial charge in [-0.3, -0.25) is 4.55 Å². The number of unbranched alkanes of at least 4 members (excludes halogenated alkanes) is 13. The van der Waals surface area contributed by atoms with Crippen LogP contribution >= 0.6 is 0 Å². The molecule has 1 N–H and O–H groups in total. The Morgan fingerprint density at radius 1 is 0.750 bits per heavy atom. The third kappa shape index (κ3) is 15.0. The highest BCUT2D eigenvalue weighted by Gasteiger charge is 2.06. The Labute approximate surface area is 173 Å². The van der Waals surface area contributed by atoms with E-state index in [-0.39, 0.29) is 5.75 Å². The van der Waals surface area contributed by atoms with Gasteiger partial charge in [-0.05, 0) is 18.4 Å².